The van der Waals surface area contributed by atoms with Crippen LogP contribution in [0.1, 0.15) is 27.2 Å². The van der Waals surface area contributed by atoms with Crippen LogP contribution < -0.4 is 10.2 Å². The fraction of sp³-hybridized carbons (Fsp3) is 0.562. The van der Waals surface area contributed by atoms with Crippen LogP contribution in [-0.2, 0) is 0 Å². The minimum Gasteiger partial charge on any atom is -0.376 e. The van der Waals surface area contributed by atoms with E-state index in [4.69, 9.17) is 4.99 Å². The maximum atomic E-state index is 4.90. The quantitative estimate of drug-likeness (QED) is 0.890. The van der Waals surface area contributed by atoms with E-state index in [2.05, 4.69) is 69.3 Å². The second-order valence-electron chi connectivity index (χ2n) is 6.49. The Morgan fingerprint density at radius 2 is 1.95 bits per heavy atom. The van der Waals surface area contributed by atoms with Crippen LogP contribution in [0.25, 0.3) is 0 Å². The number of amidine groups is 1. The van der Waals surface area contributed by atoms with Crippen LogP contribution in [0.4, 0.5) is 11.4 Å². The molecule has 4 heteroatoms. The van der Waals surface area contributed by atoms with Gasteiger partial charge in [-0.2, -0.15) is 0 Å². The highest BCUT2D eigenvalue weighted by Gasteiger charge is 2.27. The van der Waals surface area contributed by atoms with Gasteiger partial charge in [0.05, 0.1) is 17.4 Å². The van der Waals surface area contributed by atoms with Crippen molar-refractivity contribution in [3.8, 4) is 0 Å². The van der Waals surface area contributed by atoms with E-state index in [1.54, 1.807) is 0 Å². The summed E-state index contributed by atoms with van der Waals surface area (Å²) in [7, 11) is 4.13. The molecule has 1 aliphatic rings. The van der Waals surface area contributed by atoms with Crippen molar-refractivity contribution < 1.29 is 0 Å². The lowest BCUT2D eigenvalue weighted by Gasteiger charge is -2.31. The Morgan fingerprint density at radius 3 is 2.60 bits per heavy atom. The van der Waals surface area contributed by atoms with E-state index in [-0.39, 0.29) is 5.41 Å². The normalized spacial score (nSPS) is 19.4. The molecule has 0 fully saturated rings. The molecule has 2 rings (SSSR count). The van der Waals surface area contributed by atoms with Crippen LogP contribution in [0.3, 0.4) is 0 Å². The Bertz CT molecular complexity index is 489. The zero-order valence-corrected chi connectivity index (χ0v) is 13.9. The monoisotopic (exact) mass is 291 g/mol. The lowest BCUT2D eigenvalue weighted by atomic mass is 9.85. The predicted molar refractivity (Wildman–Crippen MR) is 92.1 cm³/mol. The van der Waals surface area contributed by atoms with Crippen molar-refractivity contribution >= 4 is 28.3 Å². The largest absolute Gasteiger partial charge is 0.376 e. The smallest absolute Gasteiger partial charge is 0.161 e. The molecule has 1 aromatic rings. The molecule has 0 spiro atoms. The topological polar surface area (TPSA) is 27.6 Å². The van der Waals surface area contributed by atoms with Gasteiger partial charge in [-0.25, -0.2) is 0 Å². The average Bonchev–Trinajstić information content (AvgIpc) is 2.38. The molecule has 0 saturated heterocycles. The van der Waals surface area contributed by atoms with E-state index in [9.17, 15) is 0 Å². The van der Waals surface area contributed by atoms with Gasteiger partial charge >= 0.3 is 0 Å². The highest BCUT2D eigenvalue weighted by atomic mass is 32.2. The van der Waals surface area contributed by atoms with Gasteiger partial charge in [0.2, 0.25) is 0 Å². The van der Waals surface area contributed by atoms with Crippen LogP contribution in [-0.4, -0.2) is 31.1 Å². The Balaban J connectivity index is 2.20. The average molecular weight is 291 g/mol. The first-order chi connectivity index (χ1) is 9.38. The number of nitrogens with one attached hydrogen (secondary N) is 1. The first-order valence-corrected chi connectivity index (χ1v) is 8.10. The zero-order chi connectivity index (χ0) is 14.8. The summed E-state index contributed by atoms with van der Waals surface area (Å²) in [6.07, 6.45) is 1.16. The molecular formula is C16H25N3S. The third-order valence-corrected chi connectivity index (χ3v) is 4.45. The second kappa shape index (κ2) is 6.08. The number of benzene rings is 1. The van der Waals surface area contributed by atoms with Crippen molar-refractivity contribution in [2.24, 2.45) is 10.4 Å². The molecule has 1 aliphatic heterocycles. The van der Waals surface area contributed by atoms with Crippen molar-refractivity contribution in [3.63, 3.8) is 0 Å². The Kier molecular flexibility index (Phi) is 4.63. The van der Waals surface area contributed by atoms with Crippen LogP contribution in [0.15, 0.2) is 29.3 Å². The number of anilines is 2. The number of aliphatic imine (C=N–C) groups is 1. The first-order valence-electron chi connectivity index (χ1n) is 7.12. The molecule has 0 radical (unpaired) electrons. The van der Waals surface area contributed by atoms with E-state index in [1.807, 2.05) is 11.8 Å². The predicted octanol–water partition coefficient (Wildman–Crippen LogP) is 4.07. The van der Waals surface area contributed by atoms with Crippen molar-refractivity contribution in [1.29, 1.82) is 0 Å². The van der Waals surface area contributed by atoms with E-state index >= 15 is 0 Å². The molecule has 0 aliphatic carbocycles. The number of hydrogen-bond acceptors (Lipinski definition) is 4. The maximum absolute atomic E-state index is 4.90. The highest BCUT2D eigenvalue weighted by molar-refractivity contribution is 8.14. The first kappa shape index (κ1) is 15.2. The zero-order valence-electron chi connectivity index (χ0n) is 13.1. The van der Waals surface area contributed by atoms with Gasteiger partial charge in [0.15, 0.2) is 5.17 Å². The summed E-state index contributed by atoms with van der Waals surface area (Å²) in [5, 5.41) is 4.55. The molecule has 1 aromatic carbocycles. The molecule has 0 amide bonds. The Hall–Kier alpha value is -1.16. The summed E-state index contributed by atoms with van der Waals surface area (Å²) >= 11 is 1.82. The van der Waals surface area contributed by atoms with Crippen molar-refractivity contribution in [2.45, 2.75) is 33.2 Å². The van der Waals surface area contributed by atoms with Crippen molar-refractivity contribution in [2.75, 3.05) is 30.1 Å². The van der Waals surface area contributed by atoms with E-state index in [0.29, 0.717) is 6.04 Å². The van der Waals surface area contributed by atoms with Gasteiger partial charge in [-0.1, -0.05) is 44.7 Å². The summed E-state index contributed by atoms with van der Waals surface area (Å²) in [5.41, 5.74) is 2.54. The van der Waals surface area contributed by atoms with Gasteiger partial charge in [0, 0.05) is 19.8 Å². The van der Waals surface area contributed by atoms with Gasteiger partial charge in [-0.05, 0) is 24.0 Å². The molecule has 0 bridgehead atoms. The lowest BCUT2D eigenvalue weighted by Crippen LogP contribution is -2.30. The molecule has 1 atom stereocenters. The molecule has 1 heterocycles. The van der Waals surface area contributed by atoms with Gasteiger partial charge in [0.25, 0.3) is 0 Å². The minimum absolute atomic E-state index is 0.231. The second-order valence-corrected chi connectivity index (χ2v) is 7.57. The van der Waals surface area contributed by atoms with Crippen LogP contribution >= 0.6 is 11.8 Å². The molecule has 3 nitrogen and oxygen atoms in total. The highest BCUT2D eigenvalue weighted by Crippen LogP contribution is 2.32. The van der Waals surface area contributed by atoms with Crippen LogP contribution in [0.5, 0.6) is 0 Å². The van der Waals surface area contributed by atoms with Gasteiger partial charge in [0.1, 0.15) is 0 Å². The fourth-order valence-electron chi connectivity index (χ4n) is 2.29. The summed E-state index contributed by atoms with van der Waals surface area (Å²) < 4.78 is 0. The Morgan fingerprint density at radius 1 is 1.25 bits per heavy atom. The number of hydrogen-bond donors (Lipinski definition) is 1. The molecule has 20 heavy (non-hydrogen) atoms. The molecular weight excluding hydrogens is 266 g/mol. The van der Waals surface area contributed by atoms with E-state index in [0.717, 1.165) is 23.0 Å². The number of para-hydroxylation sites is 2. The maximum Gasteiger partial charge on any atom is 0.161 e. The SMILES string of the molecule is CN(C)c1ccccc1NC1=NC(C(C)(C)C)CCS1. The van der Waals surface area contributed by atoms with Crippen LogP contribution in [0.2, 0.25) is 0 Å². The lowest BCUT2D eigenvalue weighted by molar-refractivity contribution is 0.316. The summed E-state index contributed by atoms with van der Waals surface area (Å²) in [5.74, 6) is 1.14. The molecule has 110 valence electrons. The van der Waals surface area contributed by atoms with Gasteiger partial charge in [-0.3, -0.25) is 4.99 Å². The number of nitrogens with zero attached hydrogens (tertiary/aromatic N) is 2. The fourth-order valence-corrected chi connectivity index (χ4v) is 3.21. The third-order valence-electron chi connectivity index (χ3n) is 3.53. The van der Waals surface area contributed by atoms with Gasteiger partial charge in [-0.15, -0.1) is 0 Å². The van der Waals surface area contributed by atoms with E-state index < -0.39 is 0 Å². The number of rotatable bonds is 2. The minimum atomic E-state index is 0.231. The number of thioether (sulfide) groups is 1. The molecule has 1 N–H and O–H groups in total. The molecule has 1 unspecified atom stereocenters. The van der Waals surface area contributed by atoms with Crippen LogP contribution in [0, 0.1) is 5.41 Å². The summed E-state index contributed by atoms with van der Waals surface area (Å²) in [6.45, 7) is 6.80. The molecule has 0 aromatic heterocycles. The summed E-state index contributed by atoms with van der Waals surface area (Å²) in [4.78, 5) is 7.02. The third kappa shape index (κ3) is 3.69. The standard InChI is InChI=1S/C16H25N3S/c1-16(2,3)14-10-11-20-15(18-14)17-12-8-6-7-9-13(12)19(4)5/h6-9,14H,10-11H2,1-5H3,(H,17,18). The van der Waals surface area contributed by atoms with Crippen molar-refractivity contribution in [1.82, 2.24) is 0 Å². The van der Waals surface area contributed by atoms with Crippen molar-refractivity contribution in [3.05, 3.63) is 24.3 Å². The van der Waals surface area contributed by atoms with Gasteiger partial charge < -0.3 is 10.2 Å². The Labute approximate surface area is 126 Å². The van der Waals surface area contributed by atoms with E-state index in [1.165, 1.54) is 5.69 Å². The molecule has 0 saturated carbocycles. The summed E-state index contributed by atoms with van der Waals surface area (Å²) in [6, 6.07) is 8.76.